The van der Waals surface area contributed by atoms with Gasteiger partial charge in [0.1, 0.15) is 40.7 Å². The van der Waals surface area contributed by atoms with Gasteiger partial charge in [0.2, 0.25) is 17.7 Å². The summed E-state index contributed by atoms with van der Waals surface area (Å²) in [5.41, 5.74) is -1.10. The second kappa shape index (κ2) is 22.2. The number of amides is 6. The van der Waals surface area contributed by atoms with Gasteiger partial charge in [-0.2, -0.15) is 0 Å². The van der Waals surface area contributed by atoms with Crippen molar-refractivity contribution in [2.24, 2.45) is 5.92 Å². The van der Waals surface area contributed by atoms with Crippen LogP contribution in [0.5, 0.6) is 5.75 Å². The lowest BCUT2D eigenvalue weighted by Crippen LogP contribution is -2.63. The van der Waals surface area contributed by atoms with E-state index in [2.05, 4.69) is 10.6 Å². The summed E-state index contributed by atoms with van der Waals surface area (Å²) in [5, 5.41) is 17.4. The van der Waals surface area contributed by atoms with Crippen molar-refractivity contribution in [1.82, 2.24) is 20.4 Å². The summed E-state index contributed by atoms with van der Waals surface area (Å²) in [4.78, 5) is 94.4. The lowest BCUT2D eigenvalue weighted by Gasteiger charge is -2.42. The summed E-state index contributed by atoms with van der Waals surface area (Å²) in [7, 11) is 8.84. The number of carbonyl (C=O) groups is 7. The molecule has 0 unspecified atom stereocenters. The van der Waals surface area contributed by atoms with Crippen molar-refractivity contribution in [2.45, 2.75) is 120 Å². The Hall–Kier alpha value is -4.60. The third kappa shape index (κ3) is 13.1. The average molecular weight is 993 g/mol. The van der Waals surface area contributed by atoms with Gasteiger partial charge >= 0.3 is 12.1 Å². The zero-order valence-corrected chi connectivity index (χ0v) is 41.9. The molecule has 21 heteroatoms. The standard InChI is InChI=1S/C46H62ClN5O13S2/c1-26-12-11-13-33(62-10)46(60)24-32(63-43(59)49-46)27(2)41-45(6,65-41)34(23-39(57)51(8)30-21-29(20-26)22-31(61-9)40(30)47)64-42(58)28(3)50(7)36(54)17-19-66-67-44(4,5)25-48-35(53)16-18-52-37(55)14-15-38(52)56/h11-15,21-22,27-28,32-34,41,60H,16-20,23-25H2,1-10H3,(H,48,53)(H,49,59)/b13-11+,26-12+/t27-,28+,32+,33-,34+,41+,45+,46+/m1/s1. The molecule has 0 radical (unpaired) electrons. The molecular formula is C46H62ClN5O13S2. The van der Waals surface area contributed by atoms with Crippen molar-refractivity contribution in [3.8, 4) is 5.75 Å². The number of methoxy groups -OCH3 is 2. The van der Waals surface area contributed by atoms with E-state index in [0.717, 1.165) is 16.0 Å². The molecule has 368 valence electrons. The number of imide groups is 1. The quantitative estimate of drug-likeness (QED) is 0.0724. The van der Waals surface area contributed by atoms with E-state index in [1.54, 1.807) is 45.2 Å². The van der Waals surface area contributed by atoms with Crippen molar-refractivity contribution in [3.05, 3.63) is 58.7 Å². The fourth-order valence-corrected chi connectivity index (χ4v) is 10.8. The van der Waals surface area contributed by atoms with Gasteiger partial charge in [0.05, 0.1) is 25.3 Å². The van der Waals surface area contributed by atoms with Gasteiger partial charge in [-0.15, -0.1) is 0 Å². The molecule has 67 heavy (non-hydrogen) atoms. The molecule has 4 aliphatic heterocycles. The second-order valence-electron chi connectivity index (χ2n) is 18.0. The lowest BCUT2D eigenvalue weighted by atomic mass is 9.83. The van der Waals surface area contributed by atoms with E-state index >= 15 is 0 Å². The van der Waals surface area contributed by atoms with Gasteiger partial charge in [-0.3, -0.25) is 34.2 Å². The minimum Gasteiger partial charge on any atom is -0.495 e. The summed E-state index contributed by atoms with van der Waals surface area (Å²) >= 11 is 6.80. The Kier molecular flexibility index (Phi) is 17.7. The Labute approximate surface area is 404 Å². The number of alkyl carbamates (subject to hydrolysis) is 1. The number of nitrogens with zero attached hydrogens (tertiary/aromatic N) is 3. The Balaban J connectivity index is 1.28. The first-order valence-electron chi connectivity index (χ1n) is 21.9. The number of ether oxygens (including phenoxy) is 5. The number of fused-ring (bicyclic) bond motifs is 5. The molecule has 0 aromatic heterocycles. The van der Waals surface area contributed by atoms with E-state index in [1.165, 1.54) is 71.7 Å². The van der Waals surface area contributed by atoms with Crippen molar-refractivity contribution in [3.63, 3.8) is 0 Å². The van der Waals surface area contributed by atoms with E-state index in [4.69, 9.17) is 35.3 Å². The predicted octanol–water partition coefficient (Wildman–Crippen LogP) is 4.50. The number of benzene rings is 1. The molecule has 3 N–H and O–H groups in total. The number of halogens is 1. The van der Waals surface area contributed by atoms with Crippen molar-refractivity contribution >= 4 is 80.5 Å². The number of hydrogen-bond acceptors (Lipinski definition) is 15. The number of nitrogens with one attached hydrogen (secondary N) is 2. The second-order valence-corrected chi connectivity index (χ2v) is 21.5. The van der Waals surface area contributed by atoms with Gasteiger partial charge in [0, 0.05) is 82.1 Å². The summed E-state index contributed by atoms with van der Waals surface area (Å²) in [6.07, 6.45) is 2.94. The van der Waals surface area contributed by atoms with Crippen LogP contribution in [0, 0.1) is 5.92 Å². The van der Waals surface area contributed by atoms with Crippen molar-refractivity contribution in [2.75, 3.05) is 52.1 Å². The first-order chi connectivity index (χ1) is 31.4. The fraction of sp³-hybridized carbons (Fsp3) is 0.587. The minimum absolute atomic E-state index is 0.0148. The number of rotatable bonds is 15. The molecule has 2 fully saturated rings. The number of hydrogen-bond donors (Lipinski definition) is 3. The Morgan fingerprint density at radius 2 is 1.82 bits per heavy atom. The van der Waals surface area contributed by atoms with Crippen LogP contribution in [0.4, 0.5) is 10.5 Å². The number of allylic oxidation sites excluding steroid dienone is 3. The van der Waals surface area contributed by atoms with Crippen molar-refractivity contribution in [1.29, 1.82) is 0 Å². The average Bonchev–Trinajstić information content (AvgIpc) is 3.87. The highest BCUT2D eigenvalue weighted by molar-refractivity contribution is 8.77. The van der Waals surface area contributed by atoms with E-state index in [1.807, 2.05) is 26.8 Å². The number of epoxide rings is 1. The van der Waals surface area contributed by atoms with Gasteiger partial charge in [-0.05, 0) is 58.7 Å². The van der Waals surface area contributed by atoms with Crippen LogP contribution in [0.15, 0.2) is 48.1 Å². The zero-order valence-electron chi connectivity index (χ0n) is 39.5. The highest BCUT2D eigenvalue weighted by Gasteiger charge is 2.64. The van der Waals surface area contributed by atoms with Crippen LogP contribution in [-0.4, -0.2) is 150 Å². The molecule has 8 atom stereocenters. The minimum atomic E-state index is -1.87. The molecule has 4 heterocycles. The van der Waals surface area contributed by atoms with Gasteiger partial charge in [-0.25, -0.2) is 9.59 Å². The van der Waals surface area contributed by atoms with Crippen LogP contribution in [-0.2, 0) is 54.1 Å². The number of anilines is 1. The molecular weight excluding hydrogens is 930 g/mol. The van der Waals surface area contributed by atoms with Crippen molar-refractivity contribution < 1.29 is 62.4 Å². The largest absolute Gasteiger partial charge is 0.495 e. The monoisotopic (exact) mass is 991 g/mol. The fourth-order valence-electron chi connectivity index (χ4n) is 8.02. The molecule has 4 aliphatic rings. The molecule has 4 bridgehead atoms. The van der Waals surface area contributed by atoms with E-state index in [-0.39, 0.29) is 49.1 Å². The van der Waals surface area contributed by atoms with Crippen LogP contribution >= 0.6 is 33.2 Å². The SMILES string of the molecule is COc1cc2cc(c1Cl)N(C)C(=O)C[C@H](OC(=O)[C@H](C)N(C)C(=O)CCSSC(C)(C)CNC(=O)CCN1C(=O)C=CC1=O)[C@]1(C)O[C@H]1[C@H](C)[C@@H]1C[C@@](O)(NC(=O)O1)[C@H](OC)/C=C/C=C(\C)C2. The van der Waals surface area contributed by atoms with E-state index < -0.39 is 82.2 Å². The summed E-state index contributed by atoms with van der Waals surface area (Å²) < 4.78 is 29.0. The van der Waals surface area contributed by atoms with Crippen LogP contribution in [0.1, 0.15) is 72.8 Å². The predicted molar refractivity (Wildman–Crippen MR) is 253 cm³/mol. The van der Waals surface area contributed by atoms with Gasteiger partial charge in [0.25, 0.3) is 11.8 Å². The van der Waals surface area contributed by atoms with Crippen LogP contribution in [0.2, 0.25) is 5.02 Å². The molecule has 1 aromatic carbocycles. The number of carbonyl (C=O) groups excluding carboxylic acids is 7. The molecule has 5 rings (SSSR count). The third-order valence-electron chi connectivity index (χ3n) is 12.4. The topological polar surface area (TPSA) is 223 Å². The molecule has 0 spiro atoms. The molecule has 0 saturated carbocycles. The third-order valence-corrected chi connectivity index (χ3v) is 16.1. The number of esters is 1. The van der Waals surface area contributed by atoms with E-state index in [9.17, 15) is 38.7 Å². The van der Waals surface area contributed by atoms with Gasteiger partial charge in [0.15, 0.2) is 5.72 Å². The molecule has 1 aromatic rings. The number of likely N-dealkylation sites (N-methyl/N-ethyl adjacent to an activating group) is 1. The Morgan fingerprint density at radius 3 is 2.48 bits per heavy atom. The first kappa shape index (κ1) is 53.4. The van der Waals surface area contributed by atoms with E-state index in [0.29, 0.717) is 30.2 Å². The number of aliphatic hydroxyl groups is 1. The highest BCUT2D eigenvalue weighted by Crippen LogP contribution is 2.49. The molecule has 18 nitrogen and oxygen atoms in total. The smallest absolute Gasteiger partial charge is 0.409 e. The summed E-state index contributed by atoms with van der Waals surface area (Å²) in [6, 6.07) is 2.47. The lowest BCUT2D eigenvalue weighted by molar-refractivity contribution is -0.162. The molecule has 2 saturated heterocycles. The Morgan fingerprint density at radius 1 is 1.13 bits per heavy atom. The summed E-state index contributed by atoms with van der Waals surface area (Å²) in [6.45, 7) is 11.0. The first-order valence-corrected chi connectivity index (χ1v) is 24.6. The zero-order chi connectivity index (χ0) is 49.6. The maximum Gasteiger partial charge on any atom is 0.409 e. The summed E-state index contributed by atoms with van der Waals surface area (Å²) in [5.74, 6) is -2.64. The molecule has 6 amide bonds. The molecule has 0 aliphatic carbocycles. The van der Waals surface area contributed by atoms with Gasteiger partial charge < -0.3 is 43.9 Å². The maximum atomic E-state index is 14.3. The Bertz CT molecular complexity index is 2170. The van der Waals surface area contributed by atoms with Gasteiger partial charge in [-0.1, -0.05) is 63.9 Å². The van der Waals surface area contributed by atoms with Crippen LogP contribution in [0.25, 0.3) is 0 Å². The van der Waals surface area contributed by atoms with Crippen LogP contribution < -0.4 is 20.3 Å². The maximum absolute atomic E-state index is 14.3. The highest BCUT2D eigenvalue weighted by atomic mass is 35.5. The van der Waals surface area contributed by atoms with Crippen LogP contribution in [0.3, 0.4) is 0 Å². The normalized spacial score (nSPS) is 28.4.